The number of aryl methyl sites for hydroxylation is 1. The summed E-state index contributed by atoms with van der Waals surface area (Å²) in [7, 11) is 1.79. The lowest BCUT2D eigenvalue weighted by Crippen LogP contribution is -2.37. The first kappa shape index (κ1) is 17.9. The zero-order chi connectivity index (χ0) is 14.2. The van der Waals surface area contributed by atoms with Gasteiger partial charge in [-0.15, -0.1) is 35.3 Å². The van der Waals surface area contributed by atoms with Crippen LogP contribution < -0.4 is 10.6 Å². The molecule has 4 nitrogen and oxygen atoms in total. The maximum Gasteiger partial charge on any atom is 0.191 e. The molecule has 2 rings (SSSR count). The van der Waals surface area contributed by atoms with Gasteiger partial charge in [0.05, 0.1) is 10.7 Å². The van der Waals surface area contributed by atoms with E-state index in [1.165, 1.54) is 5.56 Å². The number of nitrogens with one attached hydrogen (secondary N) is 2. The number of hydrogen-bond acceptors (Lipinski definition) is 3. The monoisotopic (exact) mass is 416 g/mol. The second-order valence-electron chi connectivity index (χ2n) is 4.45. The van der Waals surface area contributed by atoms with Gasteiger partial charge in [-0.05, 0) is 12.5 Å². The molecule has 1 aromatic carbocycles. The van der Waals surface area contributed by atoms with Crippen molar-refractivity contribution in [2.24, 2.45) is 4.99 Å². The fourth-order valence-electron chi connectivity index (χ4n) is 1.83. The molecule has 0 fully saturated rings. The zero-order valence-corrected chi connectivity index (χ0v) is 15.4. The molecule has 0 unspecified atom stereocenters. The van der Waals surface area contributed by atoms with Crippen molar-refractivity contribution in [2.75, 3.05) is 13.6 Å². The highest BCUT2D eigenvalue weighted by Gasteiger charge is 2.00. The Kier molecular flexibility index (Phi) is 8.29. The van der Waals surface area contributed by atoms with E-state index in [-0.39, 0.29) is 24.0 Å². The van der Waals surface area contributed by atoms with Gasteiger partial charge in [-0.1, -0.05) is 30.3 Å². The first-order chi connectivity index (χ1) is 9.78. The van der Waals surface area contributed by atoms with Gasteiger partial charge in [0.1, 0.15) is 0 Å². The van der Waals surface area contributed by atoms with E-state index >= 15 is 0 Å². The molecule has 1 heterocycles. The maximum absolute atomic E-state index is 4.45. The second kappa shape index (κ2) is 9.73. The Hall–Kier alpha value is -1.15. The molecule has 0 aliphatic heterocycles. The van der Waals surface area contributed by atoms with Crippen LogP contribution in [0.15, 0.2) is 40.7 Å². The summed E-state index contributed by atoms with van der Waals surface area (Å²) in [6, 6.07) is 10.3. The first-order valence-corrected chi connectivity index (χ1v) is 7.55. The lowest BCUT2D eigenvalue weighted by molar-refractivity contribution is 0.786. The molecule has 0 aliphatic rings. The molecule has 114 valence electrons. The summed E-state index contributed by atoms with van der Waals surface area (Å²) in [6.07, 6.45) is 0.913. The first-order valence-electron chi connectivity index (χ1n) is 6.67. The van der Waals surface area contributed by atoms with E-state index in [4.69, 9.17) is 0 Å². The molecule has 6 heteroatoms. The summed E-state index contributed by atoms with van der Waals surface area (Å²) >= 11 is 1.69. The largest absolute Gasteiger partial charge is 0.356 e. The van der Waals surface area contributed by atoms with Crippen LogP contribution in [-0.4, -0.2) is 24.5 Å². The Morgan fingerprint density at radius 1 is 1.24 bits per heavy atom. The van der Waals surface area contributed by atoms with E-state index in [1.54, 1.807) is 18.4 Å². The fraction of sp³-hybridized carbons (Fsp3) is 0.333. The van der Waals surface area contributed by atoms with Crippen molar-refractivity contribution < 1.29 is 0 Å². The minimum atomic E-state index is 0. The summed E-state index contributed by atoms with van der Waals surface area (Å²) in [4.78, 5) is 8.66. The topological polar surface area (TPSA) is 49.3 Å². The van der Waals surface area contributed by atoms with Crippen LogP contribution in [0.4, 0.5) is 0 Å². The minimum absolute atomic E-state index is 0. The average Bonchev–Trinajstić information content (AvgIpc) is 2.89. The molecule has 0 amide bonds. The van der Waals surface area contributed by atoms with Crippen LogP contribution in [0.1, 0.15) is 16.3 Å². The highest BCUT2D eigenvalue weighted by atomic mass is 127. The van der Waals surface area contributed by atoms with Crippen LogP contribution in [-0.2, 0) is 13.0 Å². The molecular formula is C15H21IN4S. The van der Waals surface area contributed by atoms with Crippen molar-refractivity contribution in [3.63, 3.8) is 0 Å². The highest BCUT2D eigenvalue weighted by molar-refractivity contribution is 14.0. The summed E-state index contributed by atoms with van der Waals surface area (Å²) in [5.74, 6) is 0.820. The van der Waals surface area contributed by atoms with E-state index in [9.17, 15) is 0 Å². The summed E-state index contributed by atoms with van der Waals surface area (Å²) in [6.45, 7) is 3.63. The van der Waals surface area contributed by atoms with E-state index in [2.05, 4.69) is 38.1 Å². The molecule has 21 heavy (non-hydrogen) atoms. The molecule has 0 atom stereocenters. The lowest BCUT2D eigenvalue weighted by atomic mass is 10.2. The van der Waals surface area contributed by atoms with Crippen molar-refractivity contribution in [1.29, 1.82) is 0 Å². The zero-order valence-electron chi connectivity index (χ0n) is 12.3. The van der Waals surface area contributed by atoms with Crippen LogP contribution >= 0.6 is 35.3 Å². The van der Waals surface area contributed by atoms with Gasteiger partial charge in [-0.2, -0.15) is 0 Å². The maximum atomic E-state index is 4.45. The third kappa shape index (κ3) is 6.43. The Morgan fingerprint density at radius 3 is 2.62 bits per heavy atom. The quantitative estimate of drug-likeness (QED) is 0.448. The van der Waals surface area contributed by atoms with Crippen molar-refractivity contribution in [3.8, 4) is 0 Å². The number of halogens is 1. The predicted molar refractivity (Wildman–Crippen MR) is 101 cm³/mol. The van der Waals surface area contributed by atoms with Gasteiger partial charge in [0, 0.05) is 31.9 Å². The molecule has 1 aromatic heterocycles. The van der Waals surface area contributed by atoms with Gasteiger partial charge in [0.25, 0.3) is 0 Å². The van der Waals surface area contributed by atoms with Gasteiger partial charge >= 0.3 is 0 Å². The molecule has 0 aliphatic carbocycles. The Bertz CT molecular complexity index is 554. The standard InChI is InChI=1S/C15H20N4S.HI/c1-12-19-14(11-20-12)8-9-17-15(16-2)18-10-13-6-4-3-5-7-13;/h3-7,11H,8-10H2,1-2H3,(H2,16,17,18);1H. The number of hydrogen-bond donors (Lipinski definition) is 2. The number of nitrogens with zero attached hydrogens (tertiary/aromatic N) is 2. The van der Waals surface area contributed by atoms with Gasteiger partial charge in [0.15, 0.2) is 5.96 Å². The molecule has 2 aromatic rings. The van der Waals surface area contributed by atoms with E-state index in [0.717, 1.165) is 36.2 Å². The van der Waals surface area contributed by atoms with Crippen LogP contribution in [0.5, 0.6) is 0 Å². The summed E-state index contributed by atoms with van der Waals surface area (Å²) < 4.78 is 0. The third-order valence-corrected chi connectivity index (χ3v) is 3.69. The van der Waals surface area contributed by atoms with Crippen molar-refractivity contribution >= 4 is 41.3 Å². The second-order valence-corrected chi connectivity index (χ2v) is 5.51. The van der Waals surface area contributed by atoms with Crippen LogP contribution in [0.2, 0.25) is 0 Å². The number of thiazole rings is 1. The molecule has 0 saturated carbocycles. The average molecular weight is 416 g/mol. The fourth-order valence-corrected chi connectivity index (χ4v) is 2.48. The van der Waals surface area contributed by atoms with Crippen molar-refractivity contribution in [3.05, 3.63) is 52.0 Å². The Morgan fingerprint density at radius 2 is 2.00 bits per heavy atom. The van der Waals surface area contributed by atoms with E-state index in [1.807, 2.05) is 25.1 Å². The summed E-state index contributed by atoms with van der Waals surface area (Å²) in [5.41, 5.74) is 2.38. The number of guanidine groups is 1. The van der Waals surface area contributed by atoms with Gasteiger partial charge in [-0.25, -0.2) is 4.98 Å². The molecule has 2 N–H and O–H groups in total. The SMILES string of the molecule is CN=C(NCCc1csc(C)n1)NCc1ccccc1.I. The van der Waals surface area contributed by atoms with Gasteiger partial charge in [-0.3, -0.25) is 4.99 Å². The van der Waals surface area contributed by atoms with Gasteiger partial charge < -0.3 is 10.6 Å². The number of benzene rings is 1. The van der Waals surface area contributed by atoms with Crippen LogP contribution in [0, 0.1) is 6.92 Å². The minimum Gasteiger partial charge on any atom is -0.356 e. The van der Waals surface area contributed by atoms with Crippen molar-refractivity contribution in [1.82, 2.24) is 15.6 Å². The lowest BCUT2D eigenvalue weighted by Gasteiger charge is -2.11. The smallest absolute Gasteiger partial charge is 0.191 e. The predicted octanol–water partition coefficient (Wildman–Crippen LogP) is 2.98. The van der Waals surface area contributed by atoms with Gasteiger partial charge in [0.2, 0.25) is 0 Å². The Labute approximate surface area is 147 Å². The van der Waals surface area contributed by atoms with E-state index in [0.29, 0.717) is 0 Å². The van der Waals surface area contributed by atoms with Crippen LogP contribution in [0.3, 0.4) is 0 Å². The van der Waals surface area contributed by atoms with E-state index < -0.39 is 0 Å². The number of aromatic nitrogens is 1. The number of rotatable bonds is 5. The van der Waals surface area contributed by atoms with Crippen molar-refractivity contribution in [2.45, 2.75) is 19.9 Å². The molecule has 0 bridgehead atoms. The van der Waals surface area contributed by atoms with Crippen LogP contribution in [0.25, 0.3) is 0 Å². The summed E-state index contributed by atoms with van der Waals surface area (Å²) in [5, 5.41) is 9.82. The highest BCUT2D eigenvalue weighted by Crippen LogP contribution is 2.07. The number of aliphatic imine (C=N–C) groups is 1. The normalized spacial score (nSPS) is 10.9. The Balaban J connectivity index is 0.00000220. The molecule has 0 spiro atoms. The molecule has 0 radical (unpaired) electrons. The molecular weight excluding hydrogens is 395 g/mol. The molecule has 0 saturated heterocycles. The third-order valence-electron chi connectivity index (χ3n) is 2.87.